The standard InChI is InChI=1S/C13H19NO4/c1-15-9-3-4-11(13(5-9)16-2)12(14)8-18-10-6-17-7-10/h3-5,10,12H,6-8,14H2,1-2H3. The molecule has 0 bridgehead atoms. The van der Waals surface area contributed by atoms with Gasteiger partial charge in [0.2, 0.25) is 0 Å². The normalized spacial score (nSPS) is 17.1. The third-order valence-corrected chi connectivity index (χ3v) is 2.96. The average Bonchev–Trinajstić information content (AvgIpc) is 2.35. The van der Waals surface area contributed by atoms with Crippen LogP contribution in [0.5, 0.6) is 11.5 Å². The fourth-order valence-corrected chi connectivity index (χ4v) is 1.76. The lowest BCUT2D eigenvalue weighted by atomic mass is 10.1. The number of hydrogen-bond donors (Lipinski definition) is 1. The Balaban J connectivity index is 2.00. The lowest BCUT2D eigenvalue weighted by molar-refractivity contribution is -0.131. The smallest absolute Gasteiger partial charge is 0.127 e. The van der Waals surface area contributed by atoms with Crippen LogP contribution in [0.4, 0.5) is 0 Å². The van der Waals surface area contributed by atoms with Crippen LogP contribution < -0.4 is 15.2 Å². The summed E-state index contributed by atoms with van der Waals surface area (Å²) in [6.07, 6.45) is 0.181. The summed E-state index contributed by atoms with van der Waals surface area (Å²) in [5.74, 6) is 1.46. The Kier molecular flexibility index (Phi) is 4.41. The largest absolute Gasteiger partial charge is 0.497 e. The molecule has 1 aromatic carbocycles. The highest BCUT2D eigenvalue weighted by Gasteiger charge is 2.21. The molecule has 0 spiro atoms. The molecule has 0 aliphatic carbocycles. The van der Waals surface area contributed by atoms with Gasteiger partial charge >= 0.3 is 0 Å². The Labute approximate surface area is 107 Å². The van der Waals surface area contributed by atoms with Gasteiger partial charge in [-0.1, -0.05) is 0 Å². The summed E-state index contributed by atoms with van der Waals surface area (Å²) in [7, 11) is 3.24. The van der Waals surface area contributed by atoms with Crippen molar-refractivity contribution in [2.24, 2.45) is 5.73 Å². The lowest BCUT2D eigenvalue weighted by Crippen LogP contribution is -2.37. The molecule has 2 N–H and O–H groups in total. The van der Waals surface area contributed by atoms with Gasteiger partial charge in [0.05, 0.1) is 40.1 Å². The number of benzene rings is 1. The number of ether oxygens (including phenoxy) is 4. The Morgan fingerprint density at radius 3 is 2.67 bits per heavy atom. The molecule has 0 radical (unpaired) electrons. The highest BCUT2D eigenvalue weighted by Crippen LogP contribution is 2.28. The molecule has 1 aliphatic rings. The second-order valence-corrected chi connectivity index (χ2v) is 4.21. The minimum Gasteiger partial charge on any atom is -0.497 e. The molecule has 1 atom stereocenters. The Morgan fingerprint density at radius 1 is 1.33 bits per heavy atom. The van der Waals surface area contributed by atoms with Crippen molar-refractivity contribution in [3.63, 3.8) is 0 Å². The first-order chi connectivity index (χ1) is 8.74. The molecule has 1 fully saturated rings. The van der Waals surface area contributed by atoms with Gasteiger partial charge in [-0.3, -0.25) is 0 Å². The van der Waals surface area contributed by atoms with Gasteiger partial charge in [0.25, 0.3) is 0 Å². The molecule has 100 valence electrons. The minimum absolute atomic E-state index is 0.181. The summed E-state index contributed by atoms with van der Waals surface area (Å²) in [6, 6.07) is 5.38. The van der Waals surface area contributed by atoms with Crippen molar-refractivity contribution in [1.29, 1.82) is 0 Å². The van der Waals surface area contributed by atoms with Gasteiger partial charge in [0, 0.05) is 11.6 Å². The molecule has 2 rings (SSSR count). The summed E-state index contributed by atoms with van der Waals surface area (Å²) in [4.78, 5) is 0. The number of rotatable bonds is 6. The van der Waals surface area contributed by atoms with Gasteiger partial charge in [-0.25, -0.2) is 0 Å². The van der Waals surface area contributed by atoms with E-state index < -0.39 is 0 Å². The van der Waals surface area contributed by atoms with E-state index in [2.05, 4.69) is 0 Å². The molecule has 1 saturated heterocycles. The van der Waals surface area contributed by atoms with Crippen LogP contribution in [-0.4, -0.2) is 40.1 Å². The van der Waals surface area contributed by atoms with E-state index in [1.807, 2.05) is 18.2 Å². The van der Waals surface area contributed by atoms with Crippen LogP contribution in [0.25, 0.3) is 0 Å². The second kappa shape index (κ2) is 6.04. The predicted molar refractivity (Wildman–Crippen MR) is 67.0 cm³/mol. The quantitative estimate of drug-likeness (QED) is 0.823. The molecule has 0 aromatic heterocycles. The molecule has 1 aromatic rings. The summed E-state index contributed by atoms with van der Waals surface area (Å²) < 4.78 is 21.1. The predicted octanol–water partition coefficient (Wildman–Crippen LogP) is 1.12. The van der Waals surface area contributed by atoms with E-state index in [0.29, 0.717) is 19.8 Å². The molecule has 1 heterocycles. The first-order valence-corrected chi connectivity index (χ1v) is 5.91. The number of hydrogen-bond acceptors (Lipinski definition) is 5. The first kappa shape index (κ1) is 13.1. The van der Waals surface area contributed by atoms with Crippen molar-refractivity contribution < 1.29 is 18.9 Å². The van der Waals surface area contributed by atoms with Gasteiger partial charge in [-0.05, 0) is 12.1 Å². The highest BCUT2D eigenvalue weighted by molar-refractivity contribution is 5.42. The van der Waals surface area contributed by atoms with E-state index in [-0.39, 0.29) is 12.1 Å². The van der Waals surface area contributed by atoms with Crippen molar-refractivity contribution in [2.45, 2.75) is 12.1 Å². The zero-order chi connectivity index (χ0) is 13.0. The summed E-state index contributed by atoms with van der Waals surface area (Å²) in [5, 5.41) is 0. The summed E-state index contributed by atoms with van der Waals surface area (Å²) >= 11 is 0. The fourth-order valence-electron chi connectivity index (χ4n) is 1.76. The Hall–Kier alpha value is -1.30. The van der Waals surface area contributed by atoms with E-state index in [0.717, 1.165) is 17.1 Å². The van der Waals surface area contributed by atoms with Crippen molar-refractivity contribution >= 4 is 0 Å². The molecule has 0 amide bonds. The van der Waals surface area contributed by atoms with Crippen LogP contribution in [0.15, 0.2) is 18.2 Å². The van der Waals surface area contributed by atoms with E-state index in [9.17, 15) is 0 Å². The molecule has 1 unspecified atom stereocenters. The maximum atomic E-state index is 6.10. The maximum absolute atomic E-state index is 6.10. The molecule has 0 saturated carbocycles. The summed E-state index contributed by atoms with van der Waals surface area (Å²) in [6.45, 7) is 1.77. The molecular weight excluding hydrogens is 234 g/mol. The van der Waals surface area contributed by atoms with Crippen LogP contribution >= 0.6 is 0 Å². The fraction of sp³-hybridized carbons (Fsp3) is 0.538. The maximum Gasteiger partial charge on any atom is 0.127 e. The van der Waals surface area contributed by atoms with Crippen molar-refractivity contribution in [1.82, 2.24) is 0 Å². The molecule has 1 aliphatic heterocycles. The van der Waals surface area contributed by atoms with Crippen LogP contribution in [0.3, 0.4) is 0 Å². The second-order valence-electron chi connectivity index (χ2n) is 4.21. The van der Waals surface area contributed by atoms with E-state index >= 15 is 0 Å². The Morgan fingerprint density at radius 2 is 2.11 bits per heavy atom. The first-order valence-electron chi connectivity index (χ1n) is 5.91. The topological polar surface area (TPSA) is 62.9 Å². The van der Waals surface area contributed by atoms with E-state index in [4.69, 9.17) is 24.7 Å². The van der Waals surface area contributed by atoms with Gasteiger partial charge < -0.3 is 24.7 Å². The van der Waals surface area contributed by atoms with Gasteiger partial charge in [-0.2, -0.15) is 0 Å². The van der Waals surface area contributed by atoms with E-state index in [1.165, 1.54) is 0 Å². The van der Waals surface area contributed by atoms with Crippen LogP contribution in [-0.2, 0) is 9.47 Å². The Bertz CT molecular complexity index is 393. The third-order valence-electron chi connectivity index (χ3n) is 2.96. The SMILES string of the molecule is COc1ccc(C(N)COC2COC2)c(OC)c1. The molecule has 5 nitrogen and oxygen atoms in total. The molecular formula is C13H19NO4. The van der Waals surface area contributed by atoms with Gasteiger partial charge in [0.1, 0.15) is 17.6 Å². The lowest BCUT2D eigenvalue weighted by Gasteiger charge is -2.27. The summed E-state index contributed by atoms with van der Waals surface area (Å²) in [5.41, 5.74) is 7.02. The van der Waals surface area contributed by atoms with Crippen molar-refractivity contribution in [3.8, 4) is 11.5 Å². The van der Waals surface area contributed by atoms with Gasteiger partial charge in [0.15, 0.2) is 0 Å². The number of methoxy groups -OCH3 is 2. The molecule has 5 heteroatoms. The zero-order valence-corrected chi connectivity index (χ0v) is 10.7. The zero-order valence-electron chi connectivity index (χ0n) is 10.7. The van der Waals surface area contributed by atoms with Crippen LogP contribution in [0.1, 0.15) is 11.6 Å². The molecule has 18 heavy (non-hydrogen) atoms. The van der Waals surface area contributed by atoms with E-state index in [1.54, 1.807) is 14.2 Å². The minimum atomic E-state index is -0.216. The van der Waals surface area contributed by atoms with Crippen LogP contribution in [0.2, 0.25) is 0 Å². The number of nitrogens with two attached hydrogens (primary N) is 1. The van der Waals surface area contributed by atoms with Crippen LogP contribution in [0, 0.1) is 0 Å². The monoisotopic (exact) mass is 253 g/mol. The average molecular weight is 253 g/mol. The van der Waals surface area contributed by atoms with Crippen molar-refractivity contribution in [2.75, 3.05) is 34.0 Å². The van der Waals surface area contributed by atoms with Gasteiger partial charge in [-0.15, -0.1) is 0 Å². The van der Waals surface area contributed by atoms with Crippen molar-refractivity contribution in [3.05, 3.63) is 23.8 Å². The highest BCUT2D eigenvalue weighted by atomic mass is 16.6. The third kappa shape index (κ3) is 2.93.